The lowest BCUT2D eigenvalue weighted by Crippen LogP contribution is -2.42. The molecule has 19 heavy (non-hydrogen) atoms. The molecule has 112 valence electrons. The van der Waals surface area contributed by atoms with E-state index in [0.717, 1.165) is 0 Å². The Morgan fingerprint density at radius 1 is 0.789 bits per heavy atom. The summed E-state index contributed by atoms with van der Waals surface area (Å²) in [6.45, 7) is -1.02. The Bertz CT molecular complexity index is 301. The fraction of sp³-hybridized carbons (Fsp3) is 1.00. The highest BCUT2D eigenvalue weighted by molar-refractivity contribution is 4.91. The summed E-state index contributed by atoms with van der Waals surface area (Å²) in [5.41, 5.74) is 0. The molecule has 0 aliphatic carbocycles. The predicted molar refractivity (Wildman–Crippen MR) is 56.6 cm³/mol. The zero-order valence-electron chi connectivity index (χ0n) is 9.94. The van der Waals surface area contributed by atoms with Crippen molar-refractivity contribution in [2.24, 2.45) is 0 Å². The van der Waals surface area contributed by atoms with Gasteiger partial charge in [-0.2, -0.15) is 0 Å². The van der Waals surface area contributed by atoms with Gasteiger partial charge in [0.15, 0.2) is 12.6 Å². The van der Waals surface area contributed by atoms with Crippen molar-refractivity contribution in [1.82, 2.24) is 0 Å². The molecule has 2 aliphatic rings. The average Bonchev–Trinajstić information content (AvgIpc) is 2.83. The number of ether oxygens (including phenoxy) is 3. The van der Waals surface area contributed by atoms with Gasteiger partial charge in [0.2, 0.25) is 0 Å². The fourth-order valence-electron chi connectivity index (χ4n) is 2.15. The van der Waals surface area contributed by atoms with Gasteiger partial charge in [0.05, 0.1) is 13.2 Å². The maximum Gasteiger partial charge on any atom is 0.187 e. The molecule has 0 unspecified atom stereocenters. The van der Waals surface area contributed by atoms with Gasteiger partial charge >= 0.3 is 0 Å². The molecule has 0 radical (unpaired) electrons. The molecular weight excluding hydrogens is 264 g/mol. The Morgan fingerprint density at radius 3 is 1.84 bits per heavy atom. The summed E-state index contributed by atoms with van der Waals surface area (Å²) in [4.78, 5) is 0. The summed E-state index contributed by atoms with van der Waals surface area (Å²) in [5.74, 6) is 0. The van der Waals surface area contributed by atoms with Crippen molar-refractivity contribution in [2.75, 3.05) is 13.2 Å². The Balaban J connectivity index is 1.98. The first-order valence-corrected chi connectivity index (χ1v) is 5.90. The molecule has 2 rings (SSSR count). The van der Waals surface area contributed by atoms with Crippen LogP contribution in [0, 0.1) is 0 Å². The van der Waals surface area contributed by atoms with E-state index in [0.29, 0.717) is 0 Å². The summed E-state index contributed by atoms with van der Waals surface area (Å²) in [6, 6.07) is 0. The van der Waals surface area contributed by atoms with Crippen molar-refractivity contribution in [3.63, 3.8) is 0 Å². The third kappa shape index (κ3) is 2.75. The second-order valence-corrected chi connectivity index (χ2v) is 4.55. The van der Waals surface area contributed by atoms with E-state index in [1.807, 2.05) is 0 Å². The molecule has 0 aromatic rings. The summed E-state index contributed by atoms with van der Waals surface area (Å²) >= 11 is 0. The summed E-state index contributed by atoms with van der Waals surface area (Å²) in [5, 5.41) is 56.2. The zero-order valence-corrected chi connectivity index (χ0v) is 9.94. The summed E-state index contributed by atoms with van der Waals surface area (Å²) in [6.07, 6.45) is -10.1. The lowest BCUT2D eigenvalue weighted by Gasteiger charge is -2.23. The van der Waals surface area contributed by atoms with Crippen LogP contribution in [0.1, 0.15) is 0 Å². The summed E-state index contributed by atoms with van der Waals surface area (Å²) < 4.78 is 15.1. The van der Waals surface area contributed by atoms with Gasteiger partial charge in [0.25, 0.3) is 0 Å². The highest BCUT2D eigenvalue weighted by Gasteiger charge is 2.49. The van der Waals surface area contributed by atoms with Crippen LogP contribution in [0.15, 0.2) is 0 Å². The highest BCUT2D eigenvalue weighted by Crippen LogP contribution is 2.28. The standard InChI is InChI=1S/C10H18O9/c11-1-3-5(13)7(15)10(18-3)19-8-6(14)4(2-12)17-9(8)16/h3-16H,1-2H2/t3-,4-,5-,6-,7+,8+,9-,10+/m0/s1. The number of hydrogen-bond donors (Lipinski definition) is 6. The Morgan fingerprint density at radius 2 is 1.37 bits per heavy atom. The minimum atomic E-state index is -1.49. The van der Waals surface area contributed by atoms with Crippen LogP contribution >= 0.6 is 0 Å². The molecule has 0 aromatic carbocycles. The molecule has 8 atom stereocenters. The molecule has 0 bridgehead atoms. The smallest absolute Gasteiger partial charge is 0.187 e. The fourth-order valence-corrected chi connectivity index (χ4v) is 2.15. The first-order valence-electron chi connectivity index (χ1n) is 5.90. The number of aliphatic hydroxyl groups is 6. The van der Waals surface area contributed by atoms with Crippen molar-refractivity contribution in [3.05, 3.63) is 0 Å². The Kier molecular flexibility index (Phi) is 4.71. The zero-order chi connectivity index (χ0) is 14.2. The minimum Gasteiger partial charge on any atom is -0.394 e. The van der Waals surface area contributed by atoms with Gasteiger partial charge in [-0.05, 0) is 0 Å². The van der Waals surface area contributed by atoms with Crippen LogP contribution in [0.25, 0.3) is 0 Å². The molecule has 9 nitrogen and oxygen atoms in total. The Labute approximate surface area is 108 Å². The molecule has 0 saturated carbocycles. The SMILES string of the molecule is OC[C@@H]1O[C@H](O[C@@H]2[C@@H](O)[C@H](CO)O[C@@H]2O)[C@H](O)[C@H]1O. The van der Waals surface area contributed by atoms with Crippen molar-refractivity contribution in [3.8, 4) is 0 Å². The molecule has 2 heterocycles. The minimum absolute atomic E-state index is 0.506. The first-order chi connectivity index (χ1) is 8.99. The maximum atomic E-state index is 9.74. The molecule has 0 aromatic heterocycles. The predicted octanol–water partition coefficient (Wildman–Crippen LogP) is -4.12. The summed E-state index contributed by atoms with van der Waals surface area (Å²) in [7, 11) is 0. The van der Waals surface area contributed by atoms with E-state index in [-0.39, 0.29) is 0 Å². The van der Waals surface area contributed by atoms with E-state index < -0.39 is 62.4 Å². The Hall–Kier alpha value is -0.360. The van der Waals surface area contributed by atoms with Gasteiger partial charge in [0, 0.05) is 0 Å². The quantitative estimate of drug-likeness (QED) is 0.302. The number of rotatable bonds is 4. The van der Waals surface area contributed by atoms with Crippen molar-refractivity contribution >= 4 is 0 Å². The maximum absolute atomic E-state index is 9.74. The van der Waals surface area contributed by atoms with Gasteiger partial charge in [-0.25, -0.2) is 0 Å². The van der Waals surface area contributed by atoms with Crippen molar-refractivity contribution in [1.29, 1.82) is 0 Å². The third-order valence-corrected chi connectivity index (χ3v) is 3.28. The van der Waals surface area contributed by atoms with Crippen LogP contribution in [-0.4, -0.2) is 93.1 Å². The number of hydrogen-bond acceptors (Lipinski definition) is 9. The average molecular weight is 282 g/mol. The molecule has 2 aliphatic heterocycles. The van der Waals surface area contributed by atoms with Crippen molar-refractivity contribution in [2.45, 2.75) is 49.2 Å². The van der Waals surface area contributed by atoms with E-state index in [2.05, 4.69) is 0 Å². The normalized spacial score (nSPS) is 50.8. The largest absolute Gasteiger partial charge is 0.394 e. The first kappa shape index (κ1) is 15.0. The highest BCUT2D eigenvalue weighted by atomic mass is 16.7. The van der Waals surface area contributed by atoms with Gasteiger partial charge in [0.1, 0.15) is 36.6 Å². The van der Waals surface area contributed by atoms with Crippen LogP contribution in [-0.2, 0) is 14.2 Å². The molecule has 0 amide bonds. The third-order valence-electron chi connectivity index (χ3n) is 3.28. The topological polar surface area (TPSA) is 149 Å². The van der Waals surface area contributed by atoms with Crippen LogP contribution in [0.2, 0.25) is 0 Å². The van der Waals surface area contributed by atoms with Crippen LogP contribution in [0.3, 0.4) is 0 Å². The van der Waals surface area contributed by atoms with Gasteiger partial charge in [-0.3, -0.25) is 0 Å². The van der Waals surface area contributed by atoms with Gasteiger partial charge < -0.3 is 44.8 Å². The second-order valence-electron chi connectivity index (χ2n) is 4.55. The van der Waals surface area contributed by atoms with Gasteiger partial charge in [-0.1, -0.05) is 0 Å². The van der Waals surface area contributed by atoms with Crippen LogP contribution in [0.4, 0.5) is 0 Å². The van der Waals surface area contributed by atoms with Crippen LogP contribution in [0.5, 0.6) is 0 Å². The van der Waals surface area contributed by atoms with E-state index in [1.54, 1.807) is 0 Å². The van der Waals surface area contributed by atoms with E-state index >= 15 is 0 Å². The molecule has 2 saturated heterocycles. The second kappa shape index (κ2) is 5.95. The molecule has 2 fully saturated rings. The molecule has 0 spiro atoms. The van der Waals surface area contributed by atoms with E-state index in [4.69, 9.17) is 24.4 Å². The monoisotopic (exact) mass is 282 g/mol. The van der Waals surface area contributed by atoms with E-state index in [9.17, 15) is 20.4 Å². The molecule has 6 N–H and O–H groups in total. The molecular formula is C10H18O9. The van der Waals surface area contributed by atoms with Crippen LogP contribution < -0.4 is 0 Å². The lowest BCUT2D eigenvalue weighted by atomic mass is 10.1. The molecule has 9 heteroatoms. The lowest BCUT2D eigenvalue weighted by molar-refractivity contribution is -0.236. The van der Waals surface area contributed by atoms with Crippen molar-refractivity contribution < 1.29 is 44.8 Å². The number of aliphatic hydroxyl groups excluding tert-OH is 6. The van der Waals surface area contributed by atoms with E-state index in [1.165, 1.54) is 0 Å². The van der Waals surface area contributed by atoms with Gasteiger partial charge in [-0.15, -0.1) is 0 Å².